The summed E-state index contributed by atoms with van der Waals surface area (Å²) in [4.78, 5) is 4.17. The number of pyridine rings is 1. The SMILES string of the molecule is CCC1(CC)OB(c2cccnc2)OC1(CC)CC. The highest BCUT2D eigenvalue weighted by molar-refractivity contribution is 6.62. The predicted octanol–water partition coefficient (Wildman–Crippen LogP) is 2.94. The molecule has 2 rings (SSSR count). The van der Waals surface area contributed by atoms with Gasteiger partial charge in [-0.25, -0.2) is 0 Å². The highest BCUT2D eigenvalue weighted by atomic mass is 16.7. The monoisotopic (exact) mass is 261 g/mol. The van der Waals surface area contributed by atoms with Crippen LogP contribution >= 0.6 is 0 Å². The second-order valence-electron chi connectivity index (χ2n) is 5.26. The van der Waals surface area contributed by atoms with Crippen LogP contribution in [0.1, 0.15) is 53.4 Å². The van der Waals surface area contributed by atoms with Crippen LogP contribution in [0, 0.1) is 0 Å². The van der Waals surface area contributed by atoms with Gasteiger partial charge in [0.05, 0.1) is 11.2 Å². The number of hydrogen-bond donors (Lipinski definition) is 0. The summed E-state index contributed by atoms with van der Waals surface area (Å²) < 4.78 is 12.7. The molecule has 1 saturated heterocycles. The van der Waals surface area contributed by atoms with Gasteiger partial charge in [-0.2, -0.15) is 0 Å². The third-order valence-corrected chi connectivity index (χ3v) is 4.74. The average Bonchev–Trinajstić information content (AvgIpc) is 2.83. The molecule has 0 aliphatic carbocycles. The summed E-state index contributed by atoms with van der Waals surface area (Å²) in [7, 11) is -0.284. The molecule has 1 fully saturated rings. The van der Waals surface area contributed by atoms with Crippen LogP contribution in [0.5, 0.6) is 0 Å². The number of rotatable bonds is 5. The Morgan fingerprint density at radius 2 is 1.53 bits per heavy atom. The fourth-order valence-corrected chi connectivity index (χ4v) is 3.42. The molecule has 1 aliphatic rings. The summed E-state index contributed by atoms with van der Waals surface area (Å²) in [5.41, 5.74) is 0.645. The first-order valence-electron chi connectivity index (χ1n) is 7.42. The van der Waals surface area contributed by atoms with Gasteiger partial charge in [-0.1, -0.05) is 33.8 Å². The first-order valence-corrected chi connectivity index (χ1v) is 7.42. The second kappa shape index (κ2) is 5.64. The molecule has 1 aliphatic heterocycles. The number of nitrogens with zero attached hydrogens (tertiary/aromatic N) is 1. The van der Waals surface area contributed by atoms with E-state index in [0.717, 1.165) is 31.1 Å². The van der Waals surface area contributed by atoms with Gasteiger partial charge in [0.15, 0.2) is 0 Å². The number of aromatic nitrogens is 1. The van der Waals surface area contributed by atoms with E-state index >= 15 is 0 Å². The van der Waals surface area contributed by atoms with E-state index in [2.05, 4.69) is 32.7 Å². The average molecular weight is 261 g/mol. The molecule has 0 spiro atoms. The van der Waals surface area contributed by atoms with Crippen LogP contribution < -0.4 is 5.46 Å². The maximum Gasteiger partial charge on any atom is 0.496 e. The molecule has 19 heavy (non-hydrogen) atoms. The van der Waals surface area contributed by atoms with Crippen LogP contribution in [0.15, 0.2) is 24.5 Å². The molecule has 3 nitrogen and oxygen atoms in total. The third-order valence-electron chi connectivity index (χ3n) is 4.74. The smallest absolute Gasteiger partial charge is 0.399 e. The zero-order valence-corrected chi connectivity index (χ0v) is 12.5. The van der Waals surface area contributed by atoms with Gasteiger partial charge in [-0.05, 0) is 31.7 Å². The van der Waals surface area contributed by atoms with Crippen molar-refractivity contribution in [3.8, 4) is 0 Å². The Bertz CT molecular complexity index is 382. The van der Waals surface area contributed by atoms with Crippen LogP contribution in [-0.4, -0.2) is 23.3 Å². The van der Waals surface area contributed by atoms with E-state index in [1.807, 2.05) is 18.3 Å². The summed E-state index contributed by atoms with van der Waals surface area (Å²) in [5.74, 6) is 0. The van der Waals surface area contributed by atoms with Crippen molar-refractivity contribution in [2.45, 2.75) is 64.6 Å². The van der Waals surface area contributed by atoms with Gasteiger partial charge in [0.2, 0.25) is 0 Å². The molecule has 2 heterocycles. The Hall–Kier alpha value is -0.865. The molecule has 4 heteroatoms. The zero-order valence-electron chi connectivity index (χ0n) is 12.5. The molecule has 0 N–H and O–H groups in total. The summed E-state index contributed by atoms with van der Waals surface area (Å²) >= 11 is 0. The molecule has 0 bridgehead atoms. The standard InChI is InChI=1S/C15H24BNO2/c1-5-14(6-2)15(7-3,8-4)19-16(18-14)13-10-9-11-17-12-13/h9-12H,5-8H2,1-4H3. The summed E-state index contributed by atoms with van der Waals surface area (Å²) in [5, 5.41) is 0. The summed E-state index contributed by atoms with van der Waals surface area (Å²) in [6, 6.07) is 3.95. The Morgan fingerprint density at radius 3 is 1.89 bits per heavy atom. The highest BCUT2D eigenvalue weighted by Gasteiger charge is 2.58. The van der Waals surface area contributed by atoms with Crippen molar-refractivity contribution >= 4 is 12.6 Å². The Kier molecular flexibility index (Phi) is 4.31. The third kappa shape index (κ3) is 2.21. The van der Waals surface area contributed by atoms with Gasteiger partial charge in [-0.3, -0.25) is 4.98 Å². The molecule has 0 amide bonds. The lowest BCUT2D eigenvalue weighted by Gasteiger charge is -2.42. The lowest BCUT2D eigenvalue weighted by molar-refractivity contribution is -0.0601. The minimum Gasteiger partial charge on any atom is -0.399 e. The van der Waals surface area contributed by atoms with Gasteiger partial charge < -0.3 is 9.31 Å². The van der Waals surface area contributed by atoms with Crippen molar-refractivity contribution in [1.82, 2.24) is 4.98 Å². The summed E-state index contributed by atoms with van der Waals surface area (Å²) in [6.45, 7) is 8.77. The minimum absolute atomic E-state index is 0.184. The van der Waals surface area contributed by atoms with E-state index in [9.17, 15) is 0 Å². The normalized spacial score (nSPS) is 20.7. The lowest BCUT2D eigenvalue weighted by atomic mass is 9.75. The van der Waals surface area contributed by atoms with Gasteiger partial charge in [0.25, 0.3) is 0 Å². The summed E-state index contributed by atoms with van der Waals surface area (Å²) in [6.07, 6.45) is 7.51. The van der Waals surface area contributed by atoms with Gasteiger partial charge in [0, 0.05) is 17.9 Å². The maximum atomic E-state index is 6.37. The second-order valence-corrected chi connectivity index (χ2v) is 5.26. The topological polar surface area (TPSA) is 31.4 Å². The maximum absolute atomic E-state index is 6.37. The minimum atomic E-state index is -0.284. The fourth-order valence-electron chi connectivity index (χ4n) is 3.42. The van der Waals surface area contributed by atoms with Crippen molar-refractivity contribution < 1.29 is 9.31 Å². The molecule has 0 unspecified atom stereocenters. The molecule has 0 radical (unpaired) electrons. The Balaban J connectivity index is 2.35. The van der Waals surface area contributed by atoms with Crippen molar-refractivity contribution in [3.63, 3.8) is 0 Å². The van der Waals surface area contributed by atoms with E-state index in [1.165, 1.54) is 0 Å². The van der Waals surface area contributed by atoms with Crippen LogP contribution in [0.3, 0.4) is 0 Å². The van der Waals surface area contributed by atoms with Crippen LogP contribution in [-0.2, 0) is 9.31 Å². The molecule has 104 valence electrons. The van der Waals surface area contributed by atoms with E-state index < -0.39 is 0 Å². The quantitative estimate of drug-likeness (QED) is 0.763. The predicted molar refractivity (Wildman–Crippen MR) is 78.4 cm³/mol. The highest BCUT2D eigenvalue weighted by Crippen LogP contribution is 2.46. The number of hydrogen-bond acceptors (Lipinski definition) is 3. The van der Waals surface area contributed by atoms with E-state index in [-0.39, 0.29) is 18.3 Å². The molecule has 0 aromatic carbocycles. The first kappa shape index (κ1) is 14.5. The largest absolute Gasteiger partial charge is 0.496 e. The molecule has 1 aromatic heterocycles. The molecule has 1 aromatic rings. The van der Waals surface area contributed by atoms with Crippen molar-refractivity contribution in [3.05, 3.63) is 24.5 Å². The Morgan fingerprint density at radius 1 is 1.00 bits per heavy atom. The van der Waals surface area contributed by atoms with Crippen molar-refractivity contribution in [2.75, 3.05) is 0 Å². The van der Waals surface area contributed by atoms with E-state index in [0.29, 0.717) is 0 Å². The van der Waals surface area contributed by atoms with E-state index in [1.54, 1.807) is 6.20 Å². The molecule has 0 saturated carbocycles. The first-order chi connectivity index (χ1) is 9.17. The van der Waals surface area contributed by atoms with Gasteiger partial charge in [-0.15, -0.1) is 0 Å². The molecular weight excluding hydrogens is 237 g/mol. The lowest BCUT2D eigenvalue weighted by Crippen LogP contribution is -2.50. The van der Waals surface area contributed by atoms with Crippen molar-refractivity contribution in [1.29, 1.82) is 0 Å². The van der Waals surface area contributed by atoms with Gasteiger partial charge >= 0.3 is 7.12 Å². The van der Waals surface area contributed by atoms with Crippen LogP contribution in [0.2, 0.25) is 0 Å². The zero-order chi connectivity index (χ0) is 13.9. The van der Waals surface area contributed by atoms with Crippen LogP contribution in [0.4, 0.5) is 0 Å². The van der Waals surface area contributed by atoms with Gasteiger partial charge in [0.1, 0.15) is 0 Å². The van der Waals surface area contributed by atoms with Crippen molar-refractivity contribution in [2.24, 2.45) is 0 Å². The molecule has 0 atom stereocenters. The molecular formula is C15H24BNO2. The Labute approximate surface area is 116 Å². The fraction of sp³-hybridized carbons (Fsp3) is 0.667. The van der Waals surface area contributed by atoms with Crippen LogP contribution in [0.25, 0.3) is 0 Å². The van der Waals surface area contributed by atoms with E-state index in [4.69, 9.17) is 9.31 Å².